The summed E-state index contributed by atoms with van der Waals surface area (Å²) in [5, 5.41) is 2.67. The molecule has 1 amide bonds. The Bertz CT molecular complexity index is 1340. The van der Waals surface area contributed by atoms with E-state index in [1.54, 1.807) is 0 Å². The van der Waals surface area contributed by atoms with Crippen molar-refractivity contribution in [3.05, 3.63) is 64.6 Å². The summed E-state index contributed by atoms with van der Waals surface area (Å²) in [5.41, 5.74) is 0.591. The Balaban J connectivity index is 1.51. The molecule has 196 valence electrons. The molecule has 0 bridgehead atoms. The zero-order valence-electron chi connectivity index (χ0n) is 18.4. The molecule has 1 aliphatic heterocycles. The van der Waals surface area contributed by atoms with Crippen LogP contribution < -0.4 is 20.3 Å². The van der Waals surface area contributed by atoms with Crippen LogP contribution in [0.4, 0.5) is 32.0 Å². The van der Waals surface area contributed by atoms with Gasteiger partial charge in [-0.05, 0) is 48.5 Å². The van der Waals surface area contributed by atoms with E-state index in [4.69, 9.17) is 0 Å². The first-order valence-electron chi connectivity index (χ1n) is 10.3. The Hall–Kier alpha value is -3.33. The zero-order valence-corrected chi connectivity index (χ0v) is 20.0. The number of aromatic nitrogens is 2. The van der Waals surface area contributed by atoms with Gasteiger partial charge in [-0.25, -0.2) is 4.98 Å². The molecule has 1 aliphatic rings. The smallest absolute Gasteiger partial charge is 0.406 e. The second kappa shape index (κ2) is 10.6. The van der Waals surface area contributed by atoms with Gasteiger partial charge in [-0.2, -0.15) is 0 Å². The molecule has 2 heterocycles. The summed E-state index contributed by atoms with van der Waals surface area (Å²) in [4.78, 5) is 30.5. The van der Waals surface area contributed by atoms with Gasteiger partial charge in [-0.15, -0.1) is 38.1 Å². The van der Waals surface area contributed by atoms with Crippen molar-refractivity contribution in [2.75, 3.05) is 16.8 Å². The summed E-state index contributed by atoms with van der Waals surface area (Å²) in [6, 6.07) is 9.20. The minimum absolute atomic E-state index is 0.153. The average Bonchev–Trinajstić information content (AvgIpc) is 3.27. The summed E-state index contributed by atoms with van der Waals surface area (Å²) < 4.78 is 83.1. The third-order valence-electron chi connectivity index (χ3n) is 4.70. The fourth-order valence-corrected chi connectivity index (χ4v) is 5.13. The highest BCUT2D eigenvalue weighted by molar-refractivity contribution is 8.00. The van der Waals surface area contributed by atoms with E-state index in [1.807, 2.05) is 0 Å². The summed E-state index contributed by atoms with van der Waals surface area (Å²) in [5.74, 6) is -1.02. The monoisotopic (exact) mass is 563 g/mol. The molecule has 15 heteroatoms. The van der Waals surface area contributed by atoms with Gasteiger partial charge >= 0.3 is 12.7 Å². The van der Waals surface area contributed by atoms with Gasteiger partial charge in [0.1, 0.15) is 11.5 Å². The number of alkyl halides is 6. The highest BCUT2D eigenvalue weighted by atomic mass is 32.2. The molecule has 0 atom stereocenters. The minimum atomic E-state index is -4.87. The van der Waals surface area contributed by atoms with E-state index >= 15 is 0 Å². The molecule has 0 spiro atoms. The van der Waals surface area contributed by atoms with Crippen LogP contribution >= 0.6 is 23.5 Å². The minimum Gasteiger partial charge on any atom is -0.406 e. The molecular weight excluding hydrogens is 548 g/mol. The molecule has 0 saturated heterocycles. The van der Waals surface area contributed by atoms with Crippen LogP contribution in [0.5, 0.6) is 11.5 Å². The number of hydrogen-bond donors (Lipinski definition) is 1. The topological polar surface area (TPSA) is 82.5 Å². The number of benzene rings is 2. The molecule has 3 aromatic rings. The van der Waals surface area contributed by atoms with Gasteiger partial charge in [0.2, 0.25) is 5.91 Å². The lowest BCUT2D eigenvalue weighted by Crippen LogP contribution is -2.24. The number of carbonyl (C=O) groups is 1. The molecule has 0 aliphatic carbocycles. The first kappa shape index (κ1) is 26.7. The number of carbonyl (C=O) groups excluding carboxylic acids is 1. The molecule has 0 fully saturated rings. The number of hydrogen-bond acceptors (Lipinski definition) is 7. The fraction of sp³-hybridized carbons (Fsp3) is 0.227. The molecule has 37 heavy (non-hydrogen) atoms. The van der Waals surface area contributed by atoms with Crippen molar-refractivity contribution in [3.8, 4) is 17.2 Å². The van der Waals surface area contributed by atoms with Gasteiger partial charge in [0.15, 0.2) is 5.16 Å². The molecule has 4 rings (SSSR count). The Morgan fingerprint density at radius 2 is 1.54 bits per heavy atom. The SMILES string of the molecule is O=C(CSc1nc2c(c(=O)n1-c1ccc(OC(F)(F)F)cc1)SCC2)Nc1ccc(OC(F)(F)F)cc1. The van der Waals surface area contributed by atoms with Crippen LogP contribution in [0.1, 0.15) is 5.69 Å². The summed E-state index contributed by atoms with van der Waals surface area (Å²) in [6.45, 7) is 0. The van der Waals surface area contributed by atoms with Crippen LogP contribution in [0.25, 0.3) is 5.69 Å². The van der Waals surface area contributed by atoms with Crippen molar-refractivity contribution < 1.29 is 40.6 Å². The maximum atomic E-state index is 13.1. The molecule has 0 saturated carbocycles. The lowest BCUT2D eigenvalue weighted by molar-refractivity contribution is -0.275. The molecule has 2 aromatic carbocycles. The second-order valence-corrected chi connectivity index (χ2v) is 9.41. The number of anilines is 1. The van der Waals surface area contributed by atoms with E-state index in [-0.39, 0.29) is 22.3 Å². The Morgan fingerprint density at radius 1 is 0.973 bits per heavy atom. The number of halogens is 6. The molecule has 0 unspecified atom stereocenters. The van der Waals surface area contributed by atoms with E-state index in [1.165, 1.54) is 40.6 Å². The van der Waals surface area contributed by atoms with Crippen molar-refractivity contribution in [1.82, 2.24) is 9.55 Å². The van der Waals surface area contributed by atoms with Crippen LogP contribution in [0.2, 0.25) is 0 Å². The molecule has 1 N–H and O–H groups in total. The van der Waals surface area contributed by atoms with Crippen molar-refractivity contribution in [2.24, 2.45) is 0 Å². The number of thioether (sulfide) groups is 2. The number of rotatable bonds is 7. The maximum absolute atomic E-state index is 13.1. The Morgan fingerprint density at radius 3 is 2.11 bits per heavy atom. The van der Waals surface area contributed by atoms with Crippen LogP contribution in [0.15, 0.2) is 63.4 Å². The summed E-state index contributed by atoms with van der Waals surface area (Å²) in [7, 11) is 0. The highest BCUT2D eigenvalue weighted by Gasteiger charge is 2.32. The van der Waals surface area contributed by atoms with Crippen molar-refractivity contribution in [3.63, 3.8) is 0 Å². The lowest BCUT2D eigenvalue weighted by Gasteiger charge is -2.15. The number of nitrogens with one attached hydrogen (secondary N) is 1. The molecule has 0 radical (unpaired) electrons. The van der Waals surface area contributed by atoms with Gasteiger partial charge in [0.25, 0.3) is 5.56 Å². The molecule has 1 aromatic heterocycles. The van der Waals surface area contributed by atoms with E-state index in [2.05, 4.69) is 19.8 Å². The predicted molar refractivity (Wildman–Crippen MR) is 123 cm³/mol. The van der Waals surface area contributed by atoms with Gasteiger partial charge < -0.3 is 14.8 Å². The Labute approximate surface area is 213 Å². The second-order valence-electron chi connectivity index (χ2n) is 7.36. The number of nitrogens with zero attached hydrogens (tertiary/aromatic N) is 2. The van der Waals surface area contributed by atoms with Crippen LogP contribution in [0, 0.1) is 0 Å². The first-order chi connectivity index (χ1) is 17.4. The summed E-state index contributed by atoms with van der Waals surface area (Å²) >= 11 is 2.24. The van der Waals surface area contributed by atoms with Crippen LogP contribution in [0.3, 0.4) is 0 Å². The number of fused-ring (bicyclic) bond motifs is 1. The van der Waals surface area contributed by atoms with Gasteiger partial charge in [-0.1, -0.05) is 11.8 Å². The quantitative estimate of drug-likeness (QED) is 0.234. The number of ether oxygens (including phenoxy) is 2. The first-order valence-corrected chi connectivity index (χ1v) is 12.3. The molecule has 7 nitrogen and oxygen atoms in total. The van der Waals surface area contributed by atoms with E-state index in [0.717, 1.165) is 36.0 Å². The van der Waals surface area contributed by atoms with Crippen molar-refractivity contribution in [1.29, 1.82) is 0 Å². The summed E-state index contributed by atoms with van der Waals surface area (Å²) in [6.07, 6.45) is -9.17. The van der Waals surface area contributed by atoms with E-state index in [9.17, 15) is 35.9 Å². The van der Waals surface area contributed by atoms with Gasteiger partial charge in [-0.3, -0.25) is 14.2 Å². The maximum Gasteiger partial charge on any atom is 0.573 e. The fourth-order valence-electron chi connectivity index (χ4n) is 3.28. The third-order valence-corrected chi connectivity index (χ3v) is 6.74. The average molecular weight is 564 g/mol. The standard InChI is InChI=1S/C22H15F6N3O4S2/c23-21(24,25)34-14-5-1-12(2-6-14)29-17(32)11-37-20-30-16-9-10-36-18(16)19(33)31(20)13-3-7-15(8-4-13)35-22(26,27)28/h1-8H,9-11H2,(H,29,32). The van der Waals surface area contributed by atoms with Crippen molar-refractivity contribution in [2.45, 2.75) is 29.2 Å². The van der Waals surface area contributed by atoms with E-state index in [0.29, 0.717) is 22.8 Å². The highest BCUT2D eigenvalue weighted by Crippen LogP contribution is 2.31. The van der Waals surface area contributed by atoms with Gasteiger partial charge in [0.05, 0.1) is 22.0 Å². The van der Waals surface area contributed by atoms with Crippen molar-refractivity contribution >= 4 is 35.1 Å². The number of aryl methyl sites for hydroxylation is 1. The largest absolute Gasteiger partial charge is 0.573 e. The number of amides is 1. The third kappa shape index (κ3) is 7.13. The molecular formula is C22H15F6N3O4S2. The Kier molecular flexibility index (Phi) is 7.64. The zero-order chi connectivity index (χ0) is 26.8. The predicted octanol–water partition coefficient (Wildman–Crippen LogP) is 5.41. The normalized spacial score (nSPS) is 13.2. The van der Waals surface area contributed by atoms with Gasteiger partial charge in [0, 0.05) is 17.9 Å². The van der Waals surface area contributed by atoms with Crippen LogP contribution in [-0.4, -0.2) is 39.7 Å². The van der Waals surface area contributed by atoms with E-state index < -0.39 is 35.7 Å². The lowest BCUT2D eigenvalue weighted by atomic mass is 10.3. The van der Waals surface area contributed by atoms with Crippen LogP contribution in [-0.2, 0) is 11.2 Å².